The van der Waals surface area contributed by atoms with Crippen LogP contribution in [-0.2, 0) is 4.79 Å². The number of fused-ring (bicyclic) bond motifs is 1. The van der Waals surface area contributed by atoms with Crippen molar-refractivity contribution in [1.29, 1.82) is 0 Å². The molecule has 0 spiro atoms. The molecule has 0 saturated heterocycles. The molecule has 3 rings (SSSR count). The first-order valence-electron chi connectivity index (χ1n) is 8.80. The summed E-state index contributed by atoms with van der Waals surface area (Å²) >= 11 is 0. The fourth-order valence-corrected chi connectivity index (χ4v) is 2.96. The number of nitrogens with one attached hydrogen (secondary N) is 2. The number of carbonyl (C=O) groups excluding carboxylic acids is 3. The molecule has 9 heteroatoms. The van der Waals surface area contributed by atoms with Crippen molar-refractivity contribution in [2.75, 3.05) is 6.54 Å². The van der Waals surface area contributed by atoms with Gasteiger partial charge in [0.25, 0.3) is 11.5 Å². The van der Waals surface area contributed by atoms with E-state index in [4.69, 9.17) is 0 Å². The maximum Gasteiger partial charge on any atom is 0.321 e. The summed E-state index contributed by atoms with van der Waals surface area (Å²) in [6.45, 7) is 1.97. The molecule has 0 bridgehead atoms. The van der Waals surface area contributed by atoms with E-state index in [-0.39, 0.29) is 17.3 Å². The van der Waals surface area contributed by atoms with Crippen molar-refractivity contribution in [1.82, 2.24) is 20.4 Å². The number of hydrogen-bond acceptors (Lipinski definition) is 6. The largest absolute Gasteiger partial charge is 0.543 e. The van der Waals surface area contributed by atoms with Gasteiger partial charge in [0, 0.05) is 11.9 Å². The molecule has 0 aliphatic rings. The molecule has 3 amide bonds. The Labute approximate surface area is 165 Å². The summed E-state index contributed by atoms with van der Waals surface area (Å²) in [6, 6.07) is 12.1. The lowest BCUT2D eigenvalue weighted by Gasteiger charge is -2.20. The second kappa shape index (κ2) is 8.34. The number of benzene rings is 2. The first-order valence-corrected chi connectivity index (χ1v) is 8.80. The van der Waals surface area contributed by atoms with Gasteiger partial charge in [0.1, 0.15) is 5.69 Å². The normalized spacial score (nSPS) is 11.6. The van der Waals surface area contributed by atoms with Gasteiger partial charge < -0.3 is 15.2 Å². The summed E-state index contributed by atoms with van der Waals surface area (Å²) < 4.78 is 0.761. The third-order valence-electron chi connectivity index (χ3n) is 4.20. The Balaban J connectivity index is 2.23. The predicted octanol–water partition coefficient (Wildman–Crippen LogP) is 0.195. The fraction of sp³-hybridized carbons (Fsp3) is 0.150. The number of carboxylic acid groups (broad SMARTS) is 1. The minimum Gasteiger partial charge on any atom is -0.543 e. The molecule has 0 aliphatic heterocycles. The SMILES string of the molecule is CCNC(=O)NC(=O)[C@@H](c1ccccc1)n1nc(C(=O)[O-])c2ccccc2c1=O. The van der Waals surface area contributed by atoms with Gasteiger partial charge in [0.15, 0.2) is 6.04 Å². The molecule has 0 unspecified atom stereocenters. The van der Waals surface area contributed by atoms with Crippen LogP contribution in [0, 0.1) is 0 Å². The lowest BCUT2D eigenvalue weighted by Crippen LogP contribution is -2.46. The van der Waals surface area contributed by atoms with E-state index in [1.807, 2.05) is 0 Å². The van der Waals surface area contributed by atoms with Gasteiger partial charge in [-0.2, -0.15) is 5.10 Å². The van der Waals surface area contributed by atoms with Crippen LogP contribution < -0.4 is 21.3 Å². The molecule has 1 atom stereocenters. The van der Waals surface area contributed by atoms with Gasteiger partial charge in [0.05, 0.1) is 11.4 Å². The standard InChI is InChI=1S/C20H18N4O5/c1-2-21-20(29)22-17(25)16(12-8-4-3-5-9-12)24-18(26)14-11-7-6-10-13(14)15(23-24)19(27)28/h3-11,16H,2H2,1H3,(H,27,28)(H2,21,22,25,29)/p-1/t16-/m1/s1. The van der Waals surface area contributed by atoms with Gasteiger partial charge in [-0.3, -0.25) is 14.9 Å². The molecular weight excluding hydrogens is 376 g/mol. The fourth-order valence-electron chi connectivity index (χ4n) is 2.96. The van der Waals surface area contributed by atoms with Crippen molar-refractivity contribution in [3.05, 3.63) is 76.2 Å². The quantitative estimate of drug-likeness (QED) is 0.636. The van der Waals surface area contributed by atoms with Crippen molar-refractivity contribution < 1.29 is 19.5 Å². The van der Waals surface area contributed by atoms with Crippen molar-refractivity contribution in [2.45, 2.75) is 13.0 Å². The molecule has 0 saturated carbocycles. The van der Waals surface area contributed by atoms with Gasteiger partial charge in [-0.1, -0.05) is 48.5 Å². The molecule has 0 fully saturated rings. The van der Waals surface area contributed by atoms with Crippen LogP contribution in [0.5, 0.6) is 0 Å². The Kier molecular flexibility index (Phi) is 5.68. The zero-order valence-electron chi connectivity index (χ0n) is 15.4. The molecule has 1 heterocycles. The Bertz CT molecular complexity index is 1140. The zero-order chi connectivity index (χ0) is 21.0. The molecular formula is C20H17N4O5-. The van der Waals surface area contributed by atoms with Crippen LogP contribution in [0.4, 0.5) is 4.79 Å². The third-order valence-corrected chi connectivity index (χ3v) is 4.20. The highest BCUT2D eigenvalue weighted by molar-refractivity contribution is 6.01. The number of hydrogen-bond donors (Lipinski definition) is 2. The molecule has 3 aromatic rings. The Hall–Kier alpha value is -4.01. The summed E-state index contributed by atoms with van der Waals surface area (Å²) in [7, 11) is 0. The number of carboxylic acids is 1. The molecule has 148 valence electrons. The molecule has 2 aromatic carbocycles. The van der Waals surface area contributed by atoms with E-state index in [1.54, 1.807) is 49.4 Å². The lowest BCUT2D eigenvalue weighted by molar-refractivity contribution is -0.255. The second-order valence-corrected chi connectivity index (χ2v) is 6.09. The van der Waals surface area contributed by atoms with Crippen LogP contribution in [-0.4, -0.2) is 34.2 Å². The number of imide groups is 1. The highest BCUT2D eigenvalue weighted by atomic mass is 16.4. The summed E-state index contributed by atoms with van der Waals surface area (Å²) in [5.41, 5.74) is -0.805. The minimum absolute atomic E-state index is 0.0634. The second-order valence-electron chi connectivity index (χ2n) is 6.09. The van der Waals surface area contributed by atoms with Crippen molar-refractivity contribution in [2.24, 2.45) is 0 Å². The average Bonchev–Trinajstić information content (AvgIpc) is 2.70. The molecule has 0 aliphatic carbocycles. The van der Waals surface area contributed by atoms with E-state index >= 15 is 0 Å². The molecule has 1 aromatic heterocycles. The van der Waals surface area contributed by atoms with Crippen LogP contribution >= 0.6 is 0 Å². The Morgan fingerprint density at radius 1 is 1.03 bits per heavy atom. The van der Waals surface area contributed by atoms with Crippen LogP contribution in [0.1, 0.15) is 29.0 Å². The van der Waals surface area contributed by atoms with Gasteiger partial charge >= 0.3 is 6.03 Å². The number of urea groups is 1. The highest BCUT2D eigenvalue weighted by Gasteiger charge is 2.28. The first kappa shape index (κ1) is 19.7. The lowest BCUT2D eigenvalue weighted by atomic mass is 10.1. The number of aromatic carboxylic acids is 1. The topological polar surface area (TPSA) is 133 Å². The van der Waals surface area contributed by atoms with Crippen LogP contribution in [0.15, 0.2) is 59.4 Å². The smallest absolute Gasteiger partial charge is 0.321 e. The van der Waals surface area contributed by atoms with E-state index in [1.165, 1.54) is 12.1 Å². The van der Waals surface area contributed by atoms with Crippen molar-refractivity contribution >= 4 is 28.7 Å². The molecule has 29 heavy (non-hydrogen) atoms. The Morgan fingerprint density at radius 3 is 2.28 bits per heavy atom. The monoisotopic (exact) mass is 393 g/mol. The predicted molar refractivity (Wildman–Crippen MR) is 102 cm³/mol. The first-order chi connectivity index (χ1) is 13.9. The van der Waals surface area contributed by atoms with Crippen molar-refractivity contribution in [3.63, 3.8) is 0 Å². The zero-order valence-corrected chi connectivity index (χ0v) is 15.4. The maximum atomic E-state index is 13.0. The number of rotatable bonds is 5. The summed E-state index contributed by atoms with van der Waals surface area (Å²) in [6.07, 6.45) is 0. The van der Waals surface area contributed by atoms with Crippen molar-refractivity contribution in [3.8, 4) is 0 Å². The Morgan fingerprint density at radius 2 is 1.66 bits per heavy atom. The third kappa shape index (κ3) is 3.98. The van der Waals surface area contributed by atoms with Gasteiger partial charge in [-0.05, 0) is 18.6 Å². The summed E-state index contributed by atoms with van der Waals surface area (Å²) in [5.74, 6) is -2.43. The molecule has 9 nitrogen and oxygen atoms in total. The van der Waals surface area contributed by atoms with E-state index < -0.39 is 35.2 Å². The van der Waals surface area contributed by atoms with Crippen LogP contribution in [0.25, 0.3) is 10.8 Å². The van der Waals surface area contributed by atoms with E-state index in [0.717, 1.165) is 4.68 Å². The summed E-state index contributed by atoms with van der Waals surface area (Å²) in [4.78, 5) is 49.4. The van der Waals surface area contributed by atoms with E-state index in [0.29, 0.717) is 5.56 Å². The van der Waals surface area contributed by atoms with Gasteiger partial charge in [0.2, 0.25) is 0 Å². The number of amides is 3. The molecule has 0 radical (unpaired) electrons. The van der Waals surface area contributed by atoms with Gasteiger partial charge in [-0.15, -0.1) is 0 Å². The van der Waals surface area contributed by atoms with E-state index in [2.05, 4.69) is 15.7 Å². The minimum atomic E-state index is -1.59. The maximum absolute atomic E-state index is 13.0. The number of carbonyl (C=O) groups is 3. The molecule has 2 N–H and O–H groups in total. The van der Waals surface area contributed by atoms with Crippen LogP contribution in [0.3, 0.4) is 0 Å². The summed E-state index contributed by atoms with van der Waals surface area (Å²) in [5, 5.41) is 20.3. The number of nitrogens with zero attached hydrogens (tertiary/aromatic N) is 2. The average molecular weight is 393 g/mol. The highest BCUT2D eigenvalue weighted by Crippen LogP contribution is 2.19. The van der Waals surface area contributed by atoms with Crippen LogP contribution in [0.2, 0.25) is 0 Å². The number of aromatic nitrogens is 2. The van der Waals surface area contributed by atoms with E-state index in [9.17, 15) is 24.3 Å². The van der Waals surface area contributed by atoms with Gasteiger partial charge in [-0.25, -0.2) is 9.48 Å².